The highest BCUT2D eigenvalue weighted by atomic mass is 35.5. The molecule has 1 aliphatic rings. The van der Waals surface area contributed by atoms with E-state index in [0.717, 1.165) is 26.3 Å². The number of halogens is 1. The summed E-state index contributed by atoms with van der Waals surface area (Å²) in [5.74, 6) is 0. The fraction of sp³-hybridized carbons (Fsp3) is 1.00. The molecule has 0 aromatic rings. The van der Waals surface area contributed by atoms with E-state index in [1.807, 2.05) is 0 Å². The maximum atomic E-state index is 5.57. The topological polar surface area (TPSA) is 44.0 Å². The molecular weight excluding hydrogens is 130 g/mol. The molecule has 8 heavy (non-hydrogen) atoms. The third kappa shape index (κ3) is 2.47. The summed E-state index contributed by atoms with van der Waals surface area (Å²) < 4.78 is 6.75. The molecule has 0 aliphatic carbocycles. The molecule has 0 aromatic carbocycles. The van der Waals surface area contributed by atoms with Crippen molar-refractivity contribution < 1.29 is 10.2 Å². The standard InChI is InChI=1S/C4H8ClNO.H2O/c5-6-1-3-7-4-2-6;/h1-4H2;1H2. The van der Waals surface area contributed by atoms with Gasteiger partial charge in [-0.05, 0) is 11.8 Å². The monoisotopic (exact) mass is 139 g/mol. The maximum absolute atomic E-state index is 5.57. The van der Waals surface area contributed by atoms with Crippen LogP contribution in [0, 0.1) is 0 Å². The first-order chi connectivity index (χ1) is 3.39. The van der Waals surface area contributed by atoms with Crippen LogP contribution in [0.1, 0.15) is 0 Å². The average Bonchev–Trinajstić information content (AvgIpc) is 1.69. The minimum absolute atomic E-state index is 0. The minimum Gasteiger partial charge on any atom is -0.412 e. The fourth-order valence-corrected chi connectivity index (χ4v) is 0.679. The average molecular weight is 140 g/mol. The van der Waals surface area contributed by atoms with Crippen LogP contribution in [0.15, 0.2) is 0 Å². The van der Waals surface area contributed by atoms with Crippen molar-refractivity contribution in [2.45, 2.75) is 0 Å². The van der Waals surface area contributed by atoms with E-state index in [2.05, 4.69) is 0 Å². The molecule has 1 saturated heterocycles. The van der Waals surface area contributed by atoms with E-state index in [9.17, 15) is 0 Å². The normalized spacial score (nSPS) is 22.1. The number of ether oxygens (including phenoxy) is 1. The summed E-state index contributed by atoms with van der Waals surface area (Å²) in [6.07, 6.45) is 0. The molecule has 4 heteroatoms. The summed E-state index contributed by atoms with van der Waals surface area (Å²) in [4.78, 5) is 0. The Kier molecular flexibility index (Phi) is 4.18. The summed E-state index contributed by atoms with van der Waals surface area (Å²) in [6.45, 7) is 3.29. The Morgan fingerprint density at radius 2 is 1.75 bits per heavy atom. The zero-order valence-electron chi connectivity index (χ0n) is 4.56. The molecule has 0 bridgehead atoms. The first kappa shape index (κ1) is 8.17. The Labute approximate surface area is 53.6 Å². The second-order valence-corrected chi connectivity index (χ2v) is 2.00. The third-order valence-electron chi connectivity index (χ3n) is 0.957. The molecule has 0 aromatic heterocycles. The summed E-state index contributed by atoms with van der Waals surface area (Å²) in [6, 6.07) is 0. The molecule has 50 valence electrons. The van der Waals surface area contributed by atoms with Gasteiger partial charge in [-0.25, -0.2) is 4.42 Å². The van der Waals surface area contributed by atoms with Gasteiger partial charge in [0.2, 0.25) is 0 Å². The van der Waals surface area contributed by atoms with Gasteiger partial charge in [0.05, 0.1) is 13.2 Å². The van der Waals surface area contributed by atoms with Gasteiger partial charge in [0.25, 0.3) is 0 Å². The molecule has 0 amide bonds. The van der Waals surface area contributed by atoms with E-state index in [1.165, 1.54) is 0 Å². The lowest BCUT2D eigenvalue weighted by Gasteiger charge is -2.18. The van der Waals surface area contributed by atoms with Crippen molar-refractivity contribution in [2.24, 2.45) is 0 Å². The van der Waals surface area contributed by atoms with Crippen molar-refractivity contribution in [1.29, 1.82) is 0 Å². The van der Waals surface area contributed by atoms with Crippen LogP contribution in [-0.4, -0.2) is 36.2 Å². The highest BCUT2D eigenvalue weighted by Gasteiger charge is 2.04. The Morgan fingerprint density at radius 1 is 1.25 bits per heavy atom. The molecule has 2 N–H and O–H groups in total. The predicted octanol–water partition coefficient (Wildman–Crippen LogP) is -0.352. The Hall–Kier alpha value is 0.170. The first-order valence-corrected chi connectivity index (χ1v) is 2.72. The fourth-order valence-electron chi connectivity index (χ4n) is 0.541. The lowest BCUT2D eigenvalue weighted by Crippen LogP contribution is -2.28. The molecule has 0 atom stereocenters. The molecule has 1 heterocycles. The minimum atomic E-state index is 0. The van der Waals surface area contributed by atoms with Crippen LogP contribution >= 0.6 is 11.8 Å². The van der Waals surface area contributed by atoms with Gasteiger partial charge in [0.1, 0.15) is 0 Å². The largest absolute Gasteiger partial charge is 0.412 e. The van der Waals surface area contributed by atoms with Crippen LogP contribution in [0.25, 0.3) is 0 Å². The number of hydrogen-bond donors (Lipinski definition) is 0. The van der Waals surface area contributed by atoms with Crippen molar-refractivity contribution in [3.63, 3.8) is 0 Å². The van der Waals surface area contributed by atoms with E-state index < -0.39 is 0 Å². The van der Waals surface area contributed by atoms with Gasteiger partial charge >= 0.3 is 0 Å². The Bertz CT molecular complexity index is 56.0. The number of hydrogen-bond acceptors (Lipinski definition) is 2. The van der Waals surface area contributed by atoms with Gasteiger partial charge in [-0.1, -0.05) is 0 Å². The molecule has 0 unspecified atom stereocenters. The summed E-state index contributed by atoms with van der Waals surface area (Å²) >= 11 is 5.57. The van der Waals surface area contributed by atoms with Crippen molar-refractivity contribution in [1.82, 2.24) is 4.42 Å². The third-order valence-corrected chi connectivity index (χ3v) is 1.29. The first-order valence-electron chi connectivity index (χ1n) is 2.38. The highest BCUT2D eigenvalue weighted by Crippen LogP contribution is 1.97. The SMILES string of the molecule is ClN1CCOCC1.O. The van der Waals surface area contributed by atoms with Crippen LogP contribution < -0.4 is 0 Å². The quantitative estimate of drug-likeness (QED) is 0.431. The molecule has 1 fully saturated rings. The van der Waals surface area contributed by atoms with Gasteiger partial charge in [0, 0.05) is 13.1 Å². The molecule has 0 radical (unpaired) electrons. The van der Waals surface area contributed by atoms with E-state index >= 15 is 0 Å². The van der Waals surface area contributed by atoms with Gasteiger partial charge in [-0.2, -0.15) is 0 Å². The lowest BCUT2D eigenvalue weighted by atomic mass is 10.5. The van der Waals surface area contributed by atoms with E-state index in [0.29, 0.717) is 0 Å². The predicted molar refractivity (Wildman–Crippen MR) is 31.9 cm³/mol. The van der Waals surface area contributed by atoms with E-state index in [4.69, 9.17) is 16.5 Å². The van der Waals surface area contributed by atoms with Crippen LogP contribution in [-0.2, 0) is 4.74 Å². The van der Waals surface area contributed by atoms with Crippen molar-refractivity contribution in [3.05, 3.63) is 0 Å². The Morgan fingerprint density at radius 3 is 2.00 bits per heavy atom. The maximum Gasteiger partial charge on any atom is 0.0607 e. The van der Waals surface area contributed by atoms with Crippen LogP contribution in [0.3, 0.4) is 0 Å². The van der Waals surface area contributed by atoms with Crippen molar-refractivity contribution in [3.8, 4) is 0 Å². The molecule has 1 rings (SSSR count). The molecular formula is C4H10ClNO2. The lowest BCUT2D eigenvalue weighted by molar-refractivity contribution is 0.0742. The molecule has 3 nitrogen and oxygen atoms in total. The van der Waals surface area contributed by atoms with Crippen molar-refractivity contribution >= 4 is 11.8 Å². The number of morpholine rings is 1. The second-order valence-electron chi connectivity index (χ2n) is 1.52. The van der Waals surface area contributed by atoms with E-state index in [-0.39, 0.29) is 5.48 Å². The summed E-state index contributed by atoms with van der Waals surface area (Å²) in [5, 5.41) is 0. The molecule has 1 aliphatic heterocycles. The van der Waals surface area contributed by atoms with Crippen molar-refractivity contribution in [2.75, 3.05) is 26.3 Å². The van der Waals surface area contributed by atoms with Gasteiger partial charge in [0.15, 0.2) is 0 Å². The Balaban J connectivity index is 0.000000490. The summed E-state index contributed by atoms with van der Waals surface area (Å²) in [5.41, 5.74) is 0. The second kappa shape index (κ2) is 4.09. The highest BCUT2D eigenvalue weighted by molar-refractivity contribution is 6.13. The number of nitrogens with zero attached hydrogens (tertiary/aromatic N) is 1. The summed E-state index contributed by atoms with van der Waals surface area (Å²) in [7, 11) is 0. The zero-order valence-corrected chi connectivity index (χ0v) is 5.32. The van der Waals surface area contributed by atoms with Gasteiger partial charge in [-0.3, -0.25) is 0 Å². The molecule has 0 spiro atoms. The number of rotatable bonds is 0. The van der Waals surface area contributed by atoms with Crippen LogP contribution in [0.4, 0.5) is 0 Å². The van der Waals surface area contributed by atoms with E-state index in [1.54, 1.807) is 4.42 Å². The zero-order chi connectivity index (χ0) is 5.11. The molecule has 0 saturated carbocycles. The van der Waals surface area contributed by atoms with Crippen LogP contribution in [0.5, 0.6) is 0 Å². The van der Waals surface area contributed by atoms with Gasteiger partial charge < -0.3 is 10.2 Å². The smallest absolute Gasteiger partial charge is 0.0607 e. The van der Waals surface area contributed by atoms with Gasteiger partial charge in [-0.15, -0.1) is 0 Å². The van der Waals surface area contributed by atoms with Crippen LogP contribution in [0.2, 0.25) is 0 Å².